The number of anilines is 1. The van der Waals surface area contributed by atoms with E-state index in [1.807, 2.05) is 47.2 Å². The van der Waals surface area contributed by atoms with Crippen LogP contribution in [0.25, 0.3) is 10.7 Å². The van der Waals surface area contributed by atoms with Gasteiger partial charge in [0.05, 0.1) is 10.6 Å². The average molecular weight is 437 g/mol. The number of nitrogens with zero attached hydrogens (tertiary/aromatic N) is 3. The number of nitrogens with one attached hydrogen (secondary N) is 1. The van der Waals surface area contributed by atoms with Gasteiger partial charge in [0.25, 0.3) is 0 Å². The third-order valence-corrected chi connectivity index (χ3v) is 6.25. The molecule has 0 bridgehead atoms. The van der Waals surface area contributed by atoms with E-state index in [0.29, 0.717) is 0 Å². The SMILES string of the molecule is CCn1c(SCC(=O)Nc2ccc(C)c(Br)c2)nnc1-c1cccs1. The van der Waals surface area contributed by atoms with Gasteiger partial charge in [-0.2, -0.15) is 0 Å². The van der Waals surface area contributed by atoms with Crippen molar-refractivity contribution in [2.45, 2.75) is 25.5 Å². The van der Waals surface area contributed by atoms with Gasteiger partial charge in [-0.05, 0) is 43.0 Å². The normalized spacial score (nSPS) is 10.8. The Morgan fingerprint density at radius 2 is 2.20 bits per heavy atom. The van der Waals surface area contributed by atoms with Gasteiger partial charge in [0.2, 0.25) is 5.91 Å². The molecule has 5 nitrogen and oxygen atoms in total. The molecule has 2 aromatic heterocycles. The van der Waals surface area contributed by atoms with Crippen molar-refractivity contribution in [2.75, 3.05) is 11.1 Å². The first-order valence-corrected chi connectivity index (χ1v) is 10.4. The van der Waals surface area contributed by atoms with Gasteiger partial charge in [-0.25, -0.2) is 0 Å². The lowest BCUT2D eigenvalue weighted by atomic mass is 10.2. The molecule has 0 spiro atoms. The molecule has 0 unspecified atom stereocenters. The number of carbonyl (C=O) groups is 1. The van der Waals surface area contributed by atoms with E-state index in [-0.39, 0.29) is 11.7 Å². The summed E-state index contributed by atoms with van der Waals surface area (Å²) in [5.41, 5.74) is 1.91. The number of benzene rings is 1. The molecule has 0 atom stereocenters. The third kappa shape index (κ3) is 4.31. The zero-order valence-electron chi connectivity index (χ0n) is 13.8. The molecular weight excluding hydrogens is 420 g/mol. The van der Waals surface area contributed by atoms with Crippen LogP contribution in [0.1, 0.15) is 12.5 Å². The summed E-state index contributed by atoms with van der Waals surface area (Å²) in [6, 6.07) is 9.78. The summed E-state index contributed by atoms with van der Waals surface area (Å²) < 4.78 is 3.01. The summed E-state index contributed by atoms with van der Waals surface area (Å²) in [4.78, 5) is 13.3. The van der Waals surface area contributed by atoms with E-state index in [0.717, 1.165) is 38.1 Å². The fraction of sp³-hybridized carbons (Fsp3) is 0.235. The average Bonchev–Trinajstić information content (AvgIpc) is 3.24. The van der Waals surface area contributed by atoms with Crippen molar-refractivity contribution < 1.29 is 4.79 Å². The second-order valence-electron chi connectivity index (χ2n) is 5.33. The van der Waals surface area contributed by atoms with Crippen LogP contribution in [0, 0.1) is 6.92 Å². The summed E-state index contributed by atoms with van der Waals surface area (Å²) in [5.74, 6) is 1.07. The van der Waals surface area contributed by atoms with Crippen molar-refractivity contribution >= 4 is 50.6 Å². The summed E-state index contributed by atoms with van der Waals surface area (Å²) in [6.45, 7) is 4.82. The summed E-state index contributed by atoms with van der Waals surface area (Å²) in [6.07, 6.45) is 0. The predicted octanol–water partition coefficient (Wildman–Crippen LogP) is 4.83. The van der Waals surface area contributed by atoms with E-state index in [1.165, 1.54) is 11.8 Å². The number of amides is 1. The number of hydrogen-bond donors (Lipinski definition) is 1. The molecule has 8 heteroatoms. The van der Waals surface area contributed by atoms with E-state index in [4.69, 9.17) is 0 Å². The lowest BCUT2D eigenvalue weighted by Crippen LogP contribution is -2.14. The Kier molecular flexibility index (Phi) is 5.93. The van der Waals surface area contributed by atoms with Gasteiger partial charge in [0.15, 0.2) is 11.0 Å². The van der Waals surface area contributed by atoms with Crippen LogP contribution >= 0.6 is 39.0 Å². The van der Waals surface area contributed by atoms with Gasteiger partial charge in [0.1, 0.15) is 0 Å². The van der Waals surface area contributed by atoms with Gasteiger partial charge in [-0.1, -0.05) is 39.8 Å². The van der Waals surface area contributed by atoms with Gasteiger partial charge in [0, 0.05) is 16.7 Å². The zero-order chi connectivity index (χ0) is 17.8. The number of rotatable bonds is 6. The molecule has 0 saturated heterocycles. The molecular formula is C17H17BrN4OS2. The van der Waals surface area contributed by atoms with Crippen molar-refractivity contribution in [1.82, 2.24) is 14.8 Å². The first-order valence-electron chi connectivity index (χ1n) is 7.74. The number of thiophene rings is 1. The fourth-order valence-electron chi connectivity index (χ4n) is 2.27. The monoisotopic (exact) mass is 436 g/mol. The Bertz CT molecular complexity index is 877. The van der Waals surface area contributed by atoms with Crippen LogP contribution in [-0.2, 0) is 11.3 Å². The number of hydrogen-bond acceptors (Lipinski definition) is 5. The third-order valence-electron chi connectivity index (χ3n) is 3.56. The van der Waals surface area contributed by atoms with E-state index >= 15 is 0 Å². The van der Waals surface area contributed by atoms with E-state index in [2.05, 4.69) is 38.4 Å². The summed E-state index contributed by atoms with van der Waals surface area (Å²) in [5, 5.41) is 14.2. The molecule has 0 aliphatic heterocycles. The Labute approximate surface area is 163 Å². The van der Waals surface area contributed by atoms with Crippen molar-refractivity contribution in [1.29, 1.82) is 0 Å². The minimum absolute atomic E-state index is 0.0657. The van der Waals surface area contributed by atoms with Crippen LogP contribution in [0.2, 0.25) is 0 Å². The van der Waals surface area contributed by atoms with Crippen LogP contribution in [0.5, 0.6) is 0 Å². The number of aryl methyl sites for hydroxylation is 1. The quantitative estimate of drug-likeness (QED) is 0.562. The van der Waals surface area contributed by atoms with Gasteiger partial charge < -0.3 is 9.88 Å². The Morgan fingerprint density at radius 1 is 1.36 bits per heavy atom. The number of thioether (sulfide) groups is 1. The zero-order valence-corrected chi connectivity index (χ0v) is 17.0. The van der Waals surface area contributed by atoms with Crippen molar-refractivity contribution in [3.8, 4) is 10.7 Å². The highest BCUT2D eigenvalue weighted by molar-refractivity contribution is 9.10. The van der Waals surface area contributed by atoms with Crippen LogP contribution in [0.4, 0.5) is 5.69 Å². The van der Waals surface area contributed by atoms with Crippen molar-refractivity contribution in [3.63, 3.8) is 0 Å². The lowest BCUT2D eigenvalue weighted by molar-refractivity contribution is -0.113. The summed E-state index contributed by atoms with van der Waals surface area (Å²) >= 11 is 6.50. The highest BCUT2D eigenvalue weighted by Crippen LogP contribution is 2.27. The Hall–Kier alpha value is -1.64. The van der Waals surface area contributed by atoms with Crippen molar-refractivity contribution in [2.24, 2.45) is 0 Å². The minimum atomic E-state index is -0.0657. The largest absolute Gasteiger partial charge is 0.325 e. The first kappa shape index (κ1) is 18.2. The highest BCUT2D eigenvalue weighted by atomic mass is 79.9. The smallest absolute Gasteiger partial charge is 0.234 e. The van der Waals surface area contributed by atoms with E-state index < -0.39 is 0 Å². The van der Waals surface area contributed by atoms with Crippen LogP contribution in [0.15, 0.2) is 45.3 Å². The molecule has 130 valence electrons. The maximum Gasteiger partial charge on any atom is 0.234 e. The molecule has 0 saturated carbocycles. The second kappa shape index (κ2) is 8.16. The molecule has 0 aliphatic rings. The second-order valence-corrected chi connectivity index (χ2v) is 8.07. The highest BCUT2D eigenvalue weighted by Gasteiger charge is 2.15. The fourth-order valence-corrected chi connectivity index (χ4v) is 4.16. The molecule has 25 heavy (non-hydrogen) atoms. The van der Waals surface area contributed by atoms with Crippen LogP contribution in [0.3, 0.4) is 0 Å². The standard InChI is InChI=1S/C17H17BrN4OS2/c1-3-22-16(14-5-4-8-24-14)20-21-17(22)25-10-15(23)19-12-7-6-11(2)13(18)9-12/h4-9H,3,10H2,1-2H3,(H,19,23). The Morgan fingerprint density at radius 3 is 2.88 bits per heavy atom. The lowest BCUT2D eigenvalue weighted by Gasteiger charge is -2.08. The molecule has 1 aromatic carbocycles. The number of aromatic nitrogens is 3. The van der Waals surface area contributed by atoms with Gasteiger partial charge >= 0.3 is 0 Å². The Balaban J connectivity index is 1.65. The molecule has 3 aromatic rings. The predicted molar refractivity (Wildman–Crippen MR) is 107 cm³/mol. The summed E-state index contributed by atoms with van der Waals surface area (Å²) in [7, 11) is 0. The molecule has 3 rings (SSSR count). The molecule has 0 aliphatic carbocycles. The van der Waals surface area contributed by atoms with Gasteiger partial charge in [-0.15, -0.1) is 21.5 Å². The molecule has 0 radical (unpaired) electrons. The van der Waals surface area contributed by atoms with Crippen molar-refractivity contribution in [3.05, 3.63) is 45.7 Å². The molecule has 0 fully saturated rings. The number of carbonyl (C=O) groups excluding carboxylic acids is 1. The van der Waals surface area contributed by atoms with Crippen LogP contribution < -0.4 is 5.32 Å². The molecule has 2 heterocycles. The molecule has 1 N–H and O–H groups in total. The maximum atomic E-state index is 12.2. The maximum absolute atomic E-state index is 12.2. The minimum Gasteiger partial charge on any atom is -0.325 e. The number of halogens is 1. The molecule has 1 amide bonds. The topological polar surface area (TPSA) is 59.8 Å². The van der Waals surface area contributed by atoms with Gasteiger partial charge in [-0.3, -0.25) is 4.79 Å². The van der Waals surface area contributed by atoms with E-state index in [1.54, 1.807) is 11.3 Å². The van der Waals surface area contributed by atoms with E-state index in [9.17, 15) is 4.79 Å². The first-order chi connectivity index (χ1) is 12.1. The van der Waals surface area contributed by atoms with Crippen LogP contribution in [-0.4, -0.2) is 26.4 Å².